The number of carbonyl (C=O) groups excluding carboxylic acids is 1. The van der Waals surface area contributed by atoms with E-state index in [-0.39, 0.29) is 5.75 Å². The summed E-state index contributed by atoms with van der Waals surface area (Å²) in [5, 5.41) is 7.81. The van der Waals surface area contributed by atoms with Crippen molar-refractivity contribution in [3.05, 3.63) is 35.4 Å². The molecule has 0 spiro atoms. The van der Waals surface area contributed by atoms with E-state index >= 15 is 0 Å². The number of esters is 1. The number of hydrogen-bond acceptors (Lipinski definition) is 4. The highest BCUT2D eigenvalue weighted by atomic mass is 32.2. The Labute approximate surface area is 107 Å². The zero-order valence-electron chi connectivity index (χ0n) is 10.1. The van der Waals surface area contributed by atoms with E-state index in [0.29, 0.717) is 11.1 Å². The Balaban J connectivity index is 2.72. The summed E-state index contributed by atoms with van der Waals surface area (Å²) in [5.41, 5.74) is 1.12. The molecule has 0 bridgehead atoms. The third-order valence-electron chi connectivity index (χ3n) is 2.43. The third kappa shape index (κ3) is 3.66. The van der Waals surface area contributed by atoms with Gasteiger partial charge in [-0.3, -0.25) is 9.00 Å². The Morgan fingerprint density at radius 2 is 1.89 bits per heavy atom. The maximum atomic E-state index is 11.7. The quantitative estimate of drug-likeness (QED) is 0.813. The first-order valence-electron chi connectivity index (χ1n) is 5.23. The van der Waals surface area contributed by atoms with E-state index in [4.69, 9.17) is 5.11 Å². The van der Waals surface area contributed by atoms with Crippen LogP contribution in [0.15, 0.2) is 24.3 Å². The predicted octanol–water partition coefficient (Wildman–Crippen LogP) is 1.19. The average molecular weight is 270 g/mol. The molecule has 0 fully saturated rings. The van der Waals surface area contributed by atoms with E-state index in [1.165, 1.54) is 14.0 Å². The van der Waals surface area contributed by atoms with Crippen molar-refractivity contribution < 1.29 is 23.6 Å². The van der Waals surface area contributed by atoms with Gasteiger partial charge in [0.25, 0.3) is 0 Å². The van der Waals surface area contributed by atoms with Crippen molar-refractivity contribution in [1.82, 2.24) is 0 Å². The lowest BCUT2D eigenvalue weighted by Crippen LogP contribution is -2.22. The van der Waals surface area contributed by atoms with Crippen molar-refractivity contribution in [2.45, 2.75) is 17.9 Å². The zero-order valence-corrected chi connectivity index (χ0v) is 10.9. The molecule has 1 rings (SSSR count). The van der Waals surface area contributed by atoms with Gasteiger partial charge in [0.15, 0.2) is 0 Å². The van der Waals surface area contributed by atoms with Crippen molar-refractivity contribution in [3.63, 3.8) is 0 Å². The molecule has 0 heterocycles. The van der Waals surface area contributed by atoms with Gasteiger partial charge in [-0.1, -0.05) is 12.1 Å². The summed E-state index contributed by atoms with van der Waals surface area (Å²) in [6, 6.07) is 6.39. The molecule has 1 N–H and O–H groups in total. The Hall–Kier alpha value is -1.69. The largest absolute Gasteiger partial charge is 0.480 e. The van der Waals surface area contributed by atoms with Gasteiger partial charge in [-0.2, -0.15) is 0 Å². The second kappa shape index (κ2) is 6.30. The maximum absolute atomic E-state index is 11.7. The Morgan fingerprint density at radius 3 is 2.33 bits per heavy atom. The van der Waals surface area contributed by atoms with Crippen LogP contribution in [0.5, 0.6) is 0 Å². The van der Waals surface area contributed by atoms with Crippen molar-refractivity contribution in [2.24, 2.45) is 0 Å². The number of benzene rings is 1. The van der Waals surface area contributed by atoms with Crippen LogP contribution >= 0.6 is 0 Å². The topological polar surface area (TPSA) is 80.7 Å². The molecule has 0 aliphatic rings. The standard InChI is InChI=1S/C12H14O5S/c1-8(11(13)14)18(16)7-9-3-5-10(6-4-9)12(15)17-2/h3-6,8H,7H2,1-2H3,(H,13,14). The highest BCUT2D eigenvalue weighted by Crippen LogP contribution is 2.10. The minimum absolute atomic E-state index is 0.148. The van der Waals surface area contributed by atoms with Crippen LogP contribution in [0.25, 0.3) is 0 Å². The molecule has 1 aromatic carbocycles. The first-order valence-corrected chi connectivity index (χ1v) is 6.61. The van der Waals surface area contributed by atoms with Crippen LogP contribution in [-0.4, -0.2) is 33.6 Å². The van der Waals surface area contributed by atoms with Crippen molar-refractivity contribution in [1.29, 1.82) is 0 Å². The highest BCUT2D eigenvalue weighted by molar-refractivity contribution is 7.85. The Bertz CT molecular complexity index is 466. The lowest BCUT2D eigenvalue weighted by Gasteiger charge is -2.07. The molecule has 1 aromatic rings. The van der Waals surface area contributed by atoms with Gasteiger partial charge in [-0.25, -0.2) is 4.79 Å². The molecule has 0 radical (unpaired) electrons. The van der Waals surface area contributed by atoms with Crippen LogP contribution in [-0.2, 0) is 26.1 Å². The molecule has 0 aromatic heterocycles. The minimum atomic E-state index is -1.48. The molecule has 0 aliphatic carbocycles. The third-order valence-corrected chi connectivity index (χ3v) is 4.03. The van der Waals surface area contributed by atoms with Crippen molar-refractivity contribution >= 4 is 22.7 Å². The van der Waals surface area contributed by atoms with Crippen molar-refractivity contribution in [2.75, 3.05) is 7.11 Å². The number of methoxy groups -OCH3 is 1. The Morgan fingerprint density at radius 1 is 1.33 bits per heavy atom. The number of ether oxygens (including phenoxy) is 1. The van der Waals surface area contributed by atoms with Crippen LogP contribution in [0.2, 0.25) is 0 Å². The minimum Gasteiger partial charge on any atom is -0.480 e. The molecular weight excluding hydrogens is 256 g/mol. The van der Waals surface area contributed by atoms with E-state index in [0.717, 1.165) is 0 Å². The van der Waals surface area contributed by atoms with Gasteiger partial charge < -0.3 is 9.84 Å². The van der Waals surface area contributed by atoms with Gasteiger partial charge in [0, 0.05) is 16.6 Å². The van der Waals surface area contributed by atoms with Crippen LogP contribution in [0.3, 0.4) is 0 Å². The summed E-state index contributed by atoms with van der Waals surface area (Å²) in [6.07, 6.45) is 0. The summed E-state index contributed by atoms with van der Waals surface area (Å²) in [4.78, 5) is 21.8. The molecule has 0 aliphatic heterocycles. The number of aliphatic carboxylic acids is 1. The summed E-state index contributed by atoms with van der Waals surface area (Å²) in [5.74, 6) is -1.38. The smallest absolute Gasteiger partial charge is 0.337 e. The van der Waals surface area contributed by atoms with E-state index in [1.807, 2.05) is 0 Å². The van der Waals surface area contributed by atoms with Gasteiger partial charge >= 0.3 is 11.9 Å². The number of rotatable bonds is 5. The summed E-state index contributed by atoms with van der Waals surface area (Å²) in [6.45, 7) is 1.40. The molecule has 0 amide bonds. The molecule has 5 nitrogen and oxygen atoms in total. The first kappa shape index (κ1) is 14.4. The lowest BCUT2D eigenvalue weighted by molar-refractivity contribution is -0.136. The fourth-order valence-corrected chi connectivity index (χ4v) is 2.25. The van der Waals surface area contributed by atoms with Crippen LogP contribution in [0, 0.1) is 0 Å². The molecular formula is C12H14O5S. The van der Waals surface area contributed by atoms with E-state index in [9.17, 15) is 13.8 Å². The number of carboxylic acid groups (broad SMARTS) is 1. The second-order valence-corrected chi connectivity index (χ2v) is 5.45. The van der Waals surface area contributed by atoms with Crippen LogP contribution in [0.1, 0.15) is 22.8 Å². The molecule has 2 unspecified atom stereocenters. The highest BCUT2D eigenvalue weighted by Gasteiger charge is 2.19. The van der Waals surface area contributed by atoms with Gasteiger partial charge in [-0.05, 0) is 24.6 Å². The summed E-state index contributed by atoms with van der Waals surface area (Å²) >= 11 is 0. The summed E-state index contributed by atoms with van der Waals surface area (Å²) < 4.78 is 16.2. The summed E-state index contributed by atoms with van der Waals surface area (Å²) in [7, 11) is -0.189. The monoisotopic (exact) mass is 270 g/mol. The molecule has 2 atom stereocenters. The molecule has 6 heteroatoms. The number of carbonyl (C=O) groups is 2. The normalized spacial score (nSPS) is 13.7. The van der Waals surface area contributed by atoms with E-state index in [1.54, 1.807) is 24.3 Å². The van der Waals surface area contributed by atoms with Crippen LogP contribution < -0.4 is 0 Å². The van der Waals surface area contributed by atoms with E-state index < -0.39 is 28.0 Å². The van der Waals surface area contributed by atoms with Gasteiger partial charge in [0.2, 0.25) is 0 Å². The maximum Gasteiger partial charge on any atom is 0.337 e. The van der Waals surface area contributed by atoms with E-state index in [2.05, 4.69) is 4.74 Å². The molecule has 18 heavy (non-hydrogen) atoms. The predicted molar refractivity (Wildman–Crippen MR) is 66.7 cm³/mol. The SMILES string of the molecule is COC(=O)c1ccc(CS(=O)C(C)C(=O)O)cc1. The van der Waals surface area contributed by atoms with Gasteiger partial charge in [0.1, 0.15) is 5.25 Å². The Kier molecular flexibility index (Phi) is 5.03. The molecule has 0 saturated carbocycles. The van der Waals surface area contributed by atoms with Gasteiger partial charge in [0.05, 0.1) is 12.7 Å². The fourth-order valence-electron chi connectivity index (χ4n) is 1.26. The zero-order chi connectivity index (χ0) is 13.7. The number of carboxylic acids is 1. The lowest BCUT2D eigenvalue weighted by atomic mass is 10.1. The van der Waals surface area contributed by atoms with Crippen molar-refractivity contribution in [3.8, 4) is 0 Å². The molecule has 98 valence electrons. The number of hydrogen-bond donors (Lipinski definition) is 1. The van der Waals surface area contributed by atoms with Crippen LogP contribution in [0.4, 0.5) is 0 Å². The first-order chi connectivity index (χ1) is 8.45. The second-order valence-electron chi connectivity index (χ2n) is 3.69. The molecule has 0 saturated heterocycles. The van der Waals surface area contributed by atoms with Gasteiger partial charge in [-0.15, -0.1) is 0 Å². The fraction of sp³-hybridized carbons (Fsp3) is 0.333. The average Bonchev–Trinajstić information content (AvgIpc) is 2.37.